The normalized spacial score (nSPS) is 24.2. The Kier molecular flexibility index (Phi) is 15.1. The summed E-state index contributed by atoms with van der Waals surface area (Å²) in [6.07, 6.45) is 24.3. The third-order valence-corrected chi connectivity index (χ3v) is 6.25. The second-order valence-corrected chi connectivity index (χ2v) is 8.98. The number of aliphatic hydroxyl groups is 3. The van der Waals surface area contributed by atoms with Gasteiger partial charge in [0.1, 0.15) is 12.2 Å². The zero-order chi connectivity index (χ0) is 22.1. The minimum atomic E-state index is -1.82. The van der Waals surface area contributed by atoms with Gasteiger partial charge in [0.2, 0.25) is 0 Å². The number of carbonyl (C=O) groups is 1. The van der Waals surface area contributed by atoms with Gasteiger partial charge in [0.15, 0.2) is 11.4 Å². The van der Waals surface area contributed by atoms with Gasteiger partial charge in [0.05, 0.1) is 0 Å². The fourth-order valence-electron chi connectivity index (χ4n) is 4.13. The molecule has 1 aliphatic carbocycles. The predicted molar refractivity (Wildman–Crippen MR) is 124 cm³/mol. The van der Waals surface area contributed by atoms with Crippen molar-refractivity contribution in [2.24, 2.45) is 0 Å². The number of aliphatic hydroxyl groups excluding tert-OH is 2. The average Bonchev–Trinajstić information content (AvgIpc) is 2.74. The van der Waals surface area contributed by atoms with Crippen molar-refractivity contribution in [1.29, 1.82) is 0 Å². The van der Waals surface area contributed by atoms with Gasteiger partial charge < -0.3 is 15.3 Å². The Morgan fingerprint density at radius 3 is 1.80 bits per heavy atom. The fraction of sp³-hybridized carbons (Fsp3) is 0.808. The average molecular weight is 423 g/mol. The number of hydrogen-bond acceptors (Lipinski definition) is 4. The maximum absolute atomic E-state index is 11.9. The van der Waals surface area contributed by atoms with Gasteiger partial charge in [0.25, 0.3) is 0 Å². The summed E-state index contributed by atoms with van der Waals surface area (Å²) >= 11 is 0. The molecule has 0 aromatic carbocycles. The van der Waals surface area contributed by atoms with Gasteiger partial charge in [-0.05, 0) is 44.3 Å². The molecule has 174 valence electrons. The highest BCUT2D eigenvalue weighted by Crippen LogP contribution is 2.27. The second-order valence-electron chi connectivity index (χ2n) is 8.98. The highest BCUT2D eigenvalue weighted by Gasteiger charge is 2.46. The van der Waals surface area contributed by atoms with Gasteiger partial charge in [0, 0.05) is 0 Å². The van der Waals surface area contributed by atoms with Crippen molar-refractivity contribution < 1.29 is 20.1 Å². The monoisotopic (exact) mass is 422 g/mol. The lowest BCUT2D eigenvalue weighted by molar-refractivity contribution is -0.158. The molecule has 30 heavy (non-hydrogen) atoms. The highest BCUT2D eigenvalue weighted by atomic mass is 16.4. The van der Waals surface area contributed by atoms with Crippen LogP contribution in [0, 0.1) is 0 Å². The van der Waals surface area contributed by atoms with Gasteiger partial charge in [-0.15, -0.1) is 0 Å². The fourth-order valence-corrected chi connectivity index (χ4v) is 4.13. The van der Waals surface area contributed by atoms with Crippen LogP contribution >= 0.6 is 0 Å². The summed E-state index contributed by atoms with van der Waals surface area (Å²) in [6, 6.07) is 0. The van der Waals surface area contributed by atoms with E-state index in [2.05, 4.69) is 19.1 Å². The molecule has 0 unspecified atom stereocenters. The van der Waals surface area contributed by atoms with Crippen LogP contribution in [-0.2, 0) is 4.79 Å². The lowest BCUT2D eigenvalue weighted by atomic mass is 9.80. The van der Waals surface area contributed by atoms with Crippen molar-refractivity contribution in [3.8, 4) is 0 Å². The van der Waals surface area contributed by atoms with E-state index in [-0.39, 0.29) is 6.42 Å². The number of allylic oxidation sites excluding steroid dienone is 2. The Balaban J connectivity index is 1.89. The van der Waals surface area contributed by atoms with Crippen molar-refractivity contribution >= 4 is 5.78 Å². The largest absolute Gasteiger partial charge is 0.387 e. The Bertz CT molecular complexity index is 499. The van der Waals surface area contributed by atoms with Crippen molar-refractivity contribution in [2.45, 2.75) is 134 Å². The van der Waals surface area contributed by atoms with E-state index in [0.717, 1.165) is 12.8 Å². The zero-order valence-corrected chi connectivity index (χ0v) is 19.2. The minimum absolute atomic E-state index is 0.209. The van der Waals surface area contributed by atoms with E-state index in [1.807, 2.05) is 0 Å². The molecule has 3 N–H and O–H groups in total. The molecule has 3 atom stereocenters. The number of carbonyl (C=O) groups excluding carboxylic acids is 1. The molecule has 0 fully saturated rings. The molecule has 0 saturated carbocycles. The second kappa shape index (κ2) is 16.7. The number of rotatable bonds is 18. The molecule has 4 heteroatoms. The highest BCUT2D eigenvalue weighted by molar-refractivity contribution is 5.98. The molecule has 0 heterocycles. The summed E-state index contributed by atoms with van der Waals surface area (Å²) < 4.78 is 0. The first-order valence-corrected chi connectivity index (χ1v) is 12.5. The summed E-state index contributed by atoms with van der Waals surface area (Å²) in [5.74, 6) is -0.498. The molecule has 1 aliphatic rings. The quantitative estimate of drug-likeness (QED) is 0.193. The van der Waals surface area contributed by atoms with Crippen LogP contribution in [0.5, 0.6) is 0 Å². The minimum Gasteiger partial charge on any atom is -0.387 e. The van der Waals surface area contributed by atoms with Crippen LogP contribution in [-0.4, -0.2) is 38.9 Å². The van der Waals surface area contributed by atoms with Crippen molar-refractivity contribution in [3.05, 3.63) is 24.3 Å². The Hall–Kier alpha value is -0.970. The molecule has 1 rings (SSSR count). The molecule has 0 aliphatic heterocycles. The summed E-state index contributed by atoms with van der Waals surface area (Å²) in [5, 5.41) is 30.0. The summed E-state index contributed by atoms with van der Waals surface area (Å²) in [7, 11) is 0. The standard InChI is InChI=1S/C26H46O4/c1-2-3-4-5-6-7-8-9-10-11-12-13-14-15-16-17-18-19-22-26(30)24(28)21-20-23(27)25(26)29/h8-9,20-21,23,25,27,29-30H,2-7,10-19,22H2,1H3/b9-8+/t23-,25+,26-/m1/s1. The maximum atomic E-state index is 11.9. The van der Waals surface area contributed by atoms with Crippen LogP contribution in [0.15, 0.2) is 24.3 Å². The van der Waals surface area contributed by atoms with Crippen LogP contribution in [0.3, 0.4) is 0 Å². The molecule has 0 bridgehead atoms. The van der Waals surface area contributed by atoms with Crippen LogP contribution in [0.1, 0.15) is 116 Å². The van der Waals surface area contributed by atoms with Gasteiger partial charge in [-0.3, -0.25) is 4.79 Å². The van der Waals surface area contributed by atoms with Crippen LogP contribution in [0.25, 0.3) is 0 Å². The van der Waals surface area contributed by atoms with E-state index in [1.54, 1.807) is 0 Å². The molecule has 0 spiro atoms. The molecule has 0 saturated heterocycles. The van der Waals surface area contributed by atoms with E-state index in [9.17, 15) is 20.1 Å². The maximum Gasteiger partial charge on any atom is 0.189 e. The predicted octanol–water partition coefficient (Wildman–Crippen LogP) is 5.79. The van der Waals surface area contributed by atoms with E-state index >= 15 is 0 Å². The van der Waals surface area contributed by atoms with Crippen LogP contribution in [0.4, 0.5) is 0 Å². The molecule has 0 radical (unpaired) electrons. The third kappa shape index (κ3) is 10.9. The van der Waals surface area contributed by atoms with Crippen LogP contribution in [0.2, 0.25) is 0 Å². The van der Waals surface area contributed by atoms with Crippen molar-refractivity contribution in [1.82, 2.24) is 0 Å². The molecular formula is C26H46O4. The van der Waals surface area contributed by atoms with Crippen molar-refractivity contribution in [2.75, 3.05) is 0 Å². The number of hydrogen-bond donors (Lipinski definition) is 3. The van der Waals surface area contributed by atoms with Gasteiger partial charge in [-0.1, -0.05) is 96.1 Å². The van der Waals surface area contributed by atoms with E-state index in [4.69, 9.17) is 0 Å². The summed E-state index contributed by atoms with van der Waals surface area (Å²) in [4.78, 5) is 11.9. The first-order chi connectivity index (χ1) is 14.5. The Morgan fingerprint density at radius 2 is 1.27 bits per heavy atom. The van der Waals surface area contributed by atoms with E-state index in [0.29, 0.717) is 6.42 Å². The number of ketones is 1. The molecule has 0 aromatic rings. The van der Waals surface area contributed by atoms with Gasteiger partial charge in [-0.2, -0.15) is 0 Å². The lowest BCUT2D eigenvalue weighted by Crippen LogP contribution is -2.56. The molecular weight excluding hydrogens is 376 g/mol. The molecule has 0 amide bonds. The number of unbranched alkanes of at least 4 members (excludes halogenated alkanes) is 14. The van der Waals surface area contributed by atoms with Crippen LogP contribution < -0.4 is 0 Å². The van der Waals surface area contributed by atoms with E-state index in [1.165, 1.54) is 95.6 Å². The smallest absolute Gasteiger partial charge is 0.189 e. The zero-order valence-electron chi connectivity index (χ0n) is 19.2. The SMILES string of the molecule is CCCCCCC/C=C/CCCCCCCCCCC[C@@]1(O)C(=O)C=C[C@@H](O)[C@@H]1O. The Labute approximate surface area is 184 Å². The lowest BCUT2D eigenvalue weighted by Gasteiger charge is -2.35. The Morgan fingerprint density at radius 1 is 0.800 bits per heavy atom. The third-order valence-electron chi connectivity index (χ3n) is 6.25. The first-order valence-electron chi connectivity index (χ1n) is 12.5. The molecule has 4 nitrogen and oxygen atoms in total. The van der Waals surface area contributed by atoms with E-state index < -0.39 is 23.6 Å². The summed E-state index contributed by atoms with van der Waals surface area (Å²) in [5.41, 5.74) is -1.82. The van der Waals surface area contributed by atoms with Gasteiger partial charge in [-0.25, -0.2) is 0 Å². The topological polar surface area (TPSA) is 77.8 Å². The van der Waals surface area contributed by atoms with Gasteiger partial charge >= 0.3 is 0 Å². The molecule has 0 aromatic heterocycles. The summed E-state index contributed by atoms with van der Waals surface area (Å²) in [6.45, 7) is 2.26. The van der Waals surface area contributed by atoms with Crippen molar-refractivity contribution in [3.63, 3.8) is 0 Å². The first kappa shape index (κ1) is 27.1.